The van der Waals surface area contributed by atoms with Crippen molar-refractivity contribution < 1.29 is 0 Å². The van der Waals surface area contributed by atoms with Gasteiger partial charge in [0, 0.05) is 11.6 Å². The van der Waals surface area contributed by atoms with Crippen molar-refractivity contribution >= 4 is 5.71 Å². The molecule has 1 N–H and O–H groups in total. The molecule has 1 heteroatoms. The zero-order valence-electron chi connectivity index (χ0n) is 6.59. The third-order valence-electron chi connectivity index (χ3n) is 2.33. The Morgan fingerprint density at radius 2 is 2.09 bits per heavy atom. The maximum atomic E-state index is 7.74. The first-order valence-electron chi connectivity index (χ1n) is 3.96. The lowest BCUT2D eigenvalue weighted by atomic mass is 10.1. The summed E-state index contributed by atoms with van der Waals surface area (Å²) in [5, 5.41) is 7.74. The molecule has 56 valence electrons. The minimum absolute atomic E-state index is 0.424. The van der Waals surface area contributed by atoms with Gasteiger partial charge < -0.3 is 5.41 Å². The normalized spacial score (nSPS) is 21.9. The minimum atomic E-state index is 0.424. The van der Waals surface area contributed by atoms with Crippen molar-refractivity contribution in [3.63, 3.8) is 0 Å². The van der Waals surface area contributed by atoms with Crippen LogP contribution in [0, 0.1) is 11.3 Å². The Bertz CT molecular complexity index is 301. The van der Waals surface area contributed by atoms with Gasteiger partial charge in [-0.05, 0) is 17.5 Å². The van der Waals surface area contributed by atoms with Crippen LogP contribution < -0.4 is 0 Å². The van der Waals surface area contributed by atoms with E-state index in [0.717, 1.165) is 17.7 Å². The van der Waals surface area contributed by atoms with Gasteiger partial charge in [-0.15, -0.1) is 0 Å². The van der Waals surface area contributed by atoms with Crippen molar-refractivity contribution in [1.82, 2.24) is 0 Å². The second-order valence-corrected chi connectivity index (χ2v) is 3.18. The summed E-state index contributed by atoms with van der Waals surface area (Å²) < 4.78 is 0. The molecular formula is C10H11N. The van der Waals surface area contributed by atoms with Crippen LogP contribution in [-0.2, 0) is 6.42 Å². The Hall–Kier alpha value is -1.11. The standard InChI is InChI=1S/C10H11N/c1-7-6-8-4-2-3-5-9(8)10(7)11/h2-5,7,11H,6H2,1H3. The fourth-order valence-electron chi connectivity index (χ4n) is 1.66. The molecule has 1 aliphatic carbocycles. The molecule has 1 atom stereocenters. The molecule has 0 bridgehead atoms. The Morgan fingerprint density at radius 1 is 1.36 bits per heavy atom. The molecule has 0 radical (unpaired) electrons. The average molecular weight is 145 g/mol. The highest BCUT2D eigenvalue weighted by Crippen LogP contribution is 2.25. The lowest BCUT2D eigenvalue weighted by Crippen LogP contribution is -2.02. The van der Waals surface area contributed by atoms with E-state index in [4.69, 9.17) is 5.41 Å². The van der Waals surface area contributed by atoms with Gasteiger partial charge in [0.15, 0.2) is 0 Å². The highest BCUT2D eigenvalue weighted by molar-refractivity contribution is 6.03. The van der Waals surface area contributed by atoms with Gasteiger partial charge in [-0.1, -0.05) is 31.2 Å². The molecule has 1 unspecified atom stereocenters. The number of nitrogens with one attached hydrogen (secondary N) is 1. The van der Waals surface area contributed by atoms with E-state index in [1.165, 1.54) is 5.56 Å². The van der Waals surface area contributed by atoms with E-state index < -0.39 is 0 Å². The molecule has 1 aliphatic rings. The molecule has 11 heavy (non-hydrogen) atoms. The van der Waals surface area contributed by atoms with Crippen molar-refractivity contribution in [3.8, 4) is 0 Å². The largest absolute Gasteiger partial charge is 0.304 e. The monoisotopic (exact) mass is 145 g/mol. The molecule has 0 fully saturated rings. The third-order valence-corrected chi connectivity index (χ3v) is 2.33. The van der Waals surface area contributed by atoms with E-state index >= 15 is 0 Å². The smallest absolute Gasteiger partial charge is 0.0420 e. The summed E-state index contributed by atoms with van der Waals surface area (Å²) in [7, 11) is 0. The van der Waals surface area contributed by atoms with Gasteiger partial charge in [0.05, 0.1) is 0 Å². The summed E-state index contributed by atoms with van der Waals surface area (Å²) in [6.45, 7) is 2.11. The molecule has 0 saturated heterocycles. The van der Waals surface area contributed by atoms with E-state index in [1.54, 1.807) is 0 Å². The molecule has 0 aliphatic heterocycles. The van der Waals surface area contributed by atoms with Gasteiger partial charge in [-0.2, -0.15) is 0 Å². The average Bonchev–Trinajstić information content (AvgIpc) is 2.30. The summed E-state index contributed by atoms with van der Waals surface area (Å²) in [5.74, 6) is 0.424. The number of rotatable bonds is 0. The Kier molecular flexibility index (Phi) is 1.31. The summed E-state index contributed by atoms with van der Waals surface area (Å²) in [4.78, 5) is 0. The van der Waals surface area contributed by atoms with E-state index in [2.05, 4.69) is 13.0 Å². The second kappa shape index (κ2) is 2.19. The molecular weight excluding hydrogens is 134 g/mol. The second-order valence-electron chi connectivity index (χ2n) is 3.18. The molecule has 1 aromatic rings. The Morgan fingerprint density at radius 3 is 2.82 bits per heavy atom. The van der Waals surface area contributed by atoms with Crippen LogP contribution in [0.4, 0.5) is 0 Å². The highest BCUT2D eigenvalue weighted by Gasteiger charge is 2.22. The number of hydrogen-bond acceptors (Lipinski definition) is 1. The van der Waals surface area contributed by atoms with Crippen LogP contribution in [0.3, 0.4) is 0 Å². The number of fused-ring (bicyclic) bond motifs is 1. The summed E-state index contributed by atoms with van der Waals surface area (Å²) in [5.41, 5.74) is 3.30. The Labute approximate surface area is 66.6 Å². The van der Waals surface area contributed by atoms with Crippen molar-refractivity contribution in [3.05, 3.63) is 35.4 Å². The first kappa shape index (κ1) is 6.59. The van der Waals surface area contributed by atoms with Gasteiger partial charge in [0.25, 0.3) is 0 Å². The van der Waals surface area contributed by atoms with Crippen LogP contribution in [0.1, 0.15) is 18.1 Å². The lowest BCUT2D eigenvalue weighted by Gasteiger charge is -1.97. The topological polar surface area (TPSA) is 23.9 Å². The summed E-state index contributed by atoms with van der Waals surface area (Å²) >= 11 is 0. The third kappa shape index (κ3) is 0.881. The molecule has 0 spiro atoms. The predicted molar refractivity (Wildman–Crippen MR) is 46.1 cm³/mol. The van der Waals surface area contributed by atoms with E-state index in [0.29, 0.717) is 5.92 Å². The van der Waals surface area contributed by atoms with Crippen LogP contribution in [0.15, 0.2) is 24.3 Å². The number of hydrogen-bond donors (Lipinski definition) is 1. The lowest BCUT2D eigenvalue weighted by molar-refractivity contribution is 0.796. The highest BCUT2D eigenvalue weighted by atomic mass is 14.5. The zero-order valence-corrected chi connectivity index (χ0v) is 6.59. The van der Waals surface area contributed by atoms with E-state index in [1.807, 2.05) is 18.2 Å². The van der Waals surface area contributed by atoms with Crippen LogP contribution in [-0.4, -0.2) is 5.71 Å². The van der Waals surface area contributed by atoms with E-state index in [-0.39, 0.29) is 0 Å². The van der Waals surface area contributed by atoms with Gasteiger partial charge >= 0.3 is 0 Å². The van der Waals surface area contributed by atoms with Crippen LogP contribution in [0.2, 0.25) is 0 Å². The van der Waals surface area contributed by atoms with Crippen molar-refractivity contribution in [1.29, 1.82) is 5.41 Å². The molecule has 0 saturated carbocycles. The maximum absolute atomic E-state index is 7.74. The van der Waals surface area contributed by atoms with Crippen molar-refractivity contribution in [2.45, 2.75) is 13.3 Å². The summed E-state index contributed by atoms with van der Waals surface area (Å²) in [6.07, 6.45) is 1.05. The molecule has 0 heterocycles. The number of benzene rings is 1. The van der Waals surface area contributed by atoms with Gasteiger partial charge in [-0.3, -0.25) is 0 Å². The quantitative estimate of drug-likeness (QED) is 0.579. The van der Waals surface area contributed by atoms with Crippen LogP contribution in [0.25, 0.3) is 0 Å². The predicted octanol–water partition coefficient (Wildman–Crippen LogP) is 2.25. The van der Waals surface area contributed by atoms with Gasteiger partial charge in [-0.25, -0.2) is 0 Å². The summed E-state index contributed by atoms with van der Waals surface area (Å²) in [6, 6.07) is 8.21. The fourth-order valence-corrected chi connectivity index (χ4v) is 1.66. The molecule has 1 nitrogen and oxygen atoms in total. The molecule has 0 amide bonds. The molecule has 1 aromatic carbocycles. The van der Waals surface area contributed by atoms with E-state index in [9.17, 15) is 0 Å². The SMILES string of the molecule is CC1Cc2ccccc2C1=N. The first-order chi connectivity index (χ1) is 5.29. The molecule has 0 aromatic heterocycles. The zero-order chi connectivity index (χ0) is 7.84. The van der Waals surface area contributed by atoms with Gasteiger partial charge in [0.2, 0.25) is 0 Å². The Balaban J connectivity index is 2.55. The maximum Gasteiger partial charge on any atom is 0.0420 e. The van der Waals surface area contributed by atoms with Crippen LogP contribution in [0.5, 0.6) is 0 Å². The minimum Gasteiger partial charge on any atom is -0.304 e. The fraction of sp³-hybridized carbons (Fsp3) is 0.300. The van der Waals surface area contributed by atoms with Gasteiger partial charge in [0.1, 0.15) is 0 Å². The first-order valence-corrected chi connectivity index (χ1v) is 3.96. The van der Waals surface area contributed by atoms with Crippen molar-refractivity contribution in [2.24, 2.45) is 5.92 Å². The molecule has 2 rings (SSSR count). The van der Waals surface area contributed by atoms with Crippen LogP contribution >= 0.6 is 0 Å². The van der Waals surface area contributed by atoms with Crippen molar-refractivity contribution in [2.75, 3.05) is 0 Å².